The standard InChI is InChI=1S/C26H42O3/c1-15-16-8-9-18-25(5)13-10-17-23(2,3)11-7-12-24(17,4)19(25)14-20(27)26(18,6)21(16)22(28)29-15/h8,15,17-22,27-28H,7,9-14H2,1-6H3/t15-,17-,18-,19-,20+,21+,22+,24-,25-,26+/m0/s1. The van der Waals surface area contributed by atoms with Crippen LogP contribution in [-0.4, -0.2) is 28.7 Å². The number of rotatable bonds is 0. The number of aliphatic hydroxyl groups excluding tert-OH is 2. The van der Waals surface area contributed by atoms with Crippen molar-refractivity contribution in [2.45, 2.75) is 105 Å². The summed E-state index contributed by atoms with van der Waals surface area (Å²) in [6, 6.07) is 0. The molecule has 0 aromatic carbocycles. The van der Waals surface area contributed by atoms with E-state index in [9.17, 15) is 10.2 Å². The van der Waals surface area contributed by atoms with Crippen molar-refractivity contribution in [3.63, 3.8) is 0 Å². The van der Waals surface area contributed by atoms with E-state index in [1.807, 2.05) is 0 Å². The Morgan fingerprint density at radius 2 is 1.62 bits per heavy atom. The highest BCUT2D eigenvalue weighted by atomic mass is 16.6. The number of allylic oxidation sites excluding steroid dienone is 1. The molecule has 1 saturated heterocycles. The van der Waals surface area contributed by atoms with Gasteiger partial charge in [-0.25, -0.2) is 0 Å². The van der Waals surface area contributed by atoms with E-state index >= 15 is 0 Å². The fourth-order valence-corrected chi connectivity index (χ4v) is 10.0. The van der Waals surface area contributed by atoms with Gasteiger partial charge in [-0.2, -0.15) is 0 Å². The van der Waals surface area contributed by atoms with Gasteiger partial charge in [-0.1, -0.05) is 47.1 Å². The third kappa shape index (κ3) is 2.42. The van der Waals surface area contributed by atoms with Gasteiger partial charge in [0.25, 0.3) is 0 Å². The summed E-state index contributed by atoms with van der Waals surface area (Å²) in [6.45, 7) is 14.4. The molecule has 164 valence electrons. The lowest BCUT2D eigenvalue weighted by Crippen LogP contribution is -2.66. The molecular formula is C26H42O3. The molecule has 0 aromatic rings. The zero-order chi connectivity index (χ0) is 21.0. The summed E-state index contributed by atoms with van der Waals surface area (Å²) in [5, 5.41) is 22.5. The van der Waals surface area contributed by atoms with E-state index in [1.54, 1.807) is 0 Å². The first-order valence-corrected chi connectivity index (χ1v) is 12.2. The zero-order valence-corrected chi connectivity index (χ0v) is 19.4. The molecule has 0 aromatic heterocycles. The van der Waals surface area contributed by atoms with Gasteiger partial charge in [-0.05, 0) is 85.0 Å². The van der Waals surface area contributed by atoms with Gasteiger partial charge in [0, 0.05) is 11.3 Å². The van der Waals surface area contributed by atoms with Crippen LogP contribution in [0.15, 0.2) is 11.6 Å². The summed E-state index contributed by atoms with van der Waals surface area (Å²) in [5.74, 6) is 1.67. The second kappa shape index (κ2) is 6.11. The average Bonchev–Trinajstić information content (AvgIpc) is 2.91. The Morgan fingerprint density at radius 1 is 0.931 bits per heavy atom. The fraction of sp³-hybridized carbons (Fsp3) is 0.923. The van der Waals surface area contributed by atoms with Crippen molar-refractivity contribution in [2.75, 3.05) is 0 Å². The maximum atomic E-state index is 11.7. The molecule has 0 spiro atoms. The Balaban J connectivity index is 1.59. The molecule has 0 radical (unpaired) electrons. The van der Waals surface area contributed by atoms with Crippen molar-refractivity contribution in [1.29, 1.82) is 0 Å². The van der Waals surface area contributed by atoms with Gasteiger partial charge in [0.15, 0.2) is 6.29 Å². The van der Waals surface area contributed by atoms with E-state index in [0.717, 1.165) is 18.8 Å². The SMILES string of the molecule is C[C@@H]1O[C@@H](O)[C@H]2C1=CC[C@H]1[C@]3(C)CC[C@H]4C(C)(C)CCC[C@]4(C)[C@@H]3C[C@@H](O)[C@]21C. The zero-order valence-electron chi connectivity index (χ0n) is 19.4. The second-order valence-electron chi connectivity index (χ2n) is 12.8. The van der Waals surface area contributed by atoms with Crippen LogP contribution in [0.5, 0.6) is 0 Å². The van der Waals surface area contributed by atoms with E-state index in [0.29, 0.717) is 22.7 Å². The smallest absolute Gasteiger partial charge is 0.162 e. The van der Waals surface area contributed by atoms with Crippen molar-refractivity contribution in [3.05, 3.63) is 11.6 Å². The maximum absolute atomic E-state index is 11.7. The normalized spacial score (nSPS) is 58.5. The lowest BCUT2D eigenvalue weighted by Gasteiger charge is -2.70. The first-order valence-electron chi connectivity index (χ1n) is 12.2. The lowest BCUT2D eigenvalue weighted by molar-refractivity contribution is -0.248. The predicted molar refractivity (Wildman–Crippen MR) is 115 cm³/mol. The molecule has 1 aliphatic heterocycles. The van der Waals surface area contributed by atoms with Crippen LogP contribution in [-0.2, 0) is 4.74 Å². The monoisotopic (exact) mass is 402 g/mol. The molecule has 1 heterocycles. The van der Waals surface area contributed by atoms with Crippen LogP contribution in [0.3, 0.4) is 0 Å². The number of aliphatic hydroxyl groups is 2. The minimum Gasteiger partial charge on any atom is -0.393 e. The van der Waals surface area contributed by atoms with Gasteiger partial charge < -0.3 is 14.9 Å². The van der Waals surface area contributed by atoms with E-state index in [2.05, 4.69) is 47.6 Å². The van der Waals surface area contributed by atoms with Crippen LogP contribution >= 0.6 is 0 Å². The maximum Gasteiger partial charge on any atom is 0.162 e. The largest absolute Gasteiger partial charge is 0.393 e. The topological polar surface area (TPSA) is 49.7 Å². The van der Waals surface area contributed by atoms with E-state index in [-0.39, 0.29) is 29.0 Å². The van der Waals surface area contributed by atoms with Crippen LogP contribution in [0.1, 0.15) is 86.5 Å². The van der Waals surface area contributed by atoms with E-state index in [4.69, 9.17) is 4.74 Å². The molecule has 4 fully saturated rings. The highest BCUT2D eigenvalue weighted by Crippen LogP contribution is 2.73. The van der Waals surface area contributed by atoms with Crippen molar-refractivity contribution in [3.8, 4) is 0 Å². The van der Waals surface area contributed by atoms with Gasteiger partial charge in [-0.15, -0.1) is 0 Å². The van der Waals surface area contributed by atoms with Gasteiger partial charge in [-0.3, -0.25) is 0 Å². The van der Waals surface area contributed by atoms with Gasteiger partial charge in [0.05, 0.1) is 12.2 Å². The fourth-order valence-electron chi connectivity index (χ4n) is 10.0. The molecular weight excluding hydrogens is 360 g/mol. The number of hydrogen-bond acceptors (Lipinski definition) is 3. The third-order valence-electron chi connectivity index (χ3n) is 11.3. The summed E-state index contributed by atoms with van der Waals surface area (Å²) >= 11 is 0. The van der Waals surface area contributed by atoms with Crippen LogP contribution in [0.4, 0.5) is 0 Å². The van der Waals surface area contributed by atoms with Gasteiger partial charge in [0.2, 0.25) is 0 Å². The molecule has 5 aliphatic rings. The Kier molecular flexibility index (Phi) is 4.32. The van der Waals surface area contributed by atoms with Gasteiger partial charge in [0.1, 0.15) is 0 Å². The highest BCUT2D eigenvalue weighted by molar-refractivity contribution is 5.29. The van der Waals surface area contributed by atoms with Crippen molar-refractivity contribution >= 4 is 0 Å². The second-order valence-corrected chi connectivity index (χ2v) is 12.8. The molecule has 5 rings (SSSR count). The Labute approximate surface area is 177 Å². The quantitative estimate of drug-likeness (QED) is 0.540. The highest BCUT2D eigenvalue weighted by Gasteiger charge is 2.69. The molecule has 2 N–H and O–H groups in total. The molecule has 0 bridgehead atoms. The van der Waals surface area contributed by atoms with Crippen molar-refractivity contribution in [2.24, 2.45) is 45.3 Å². The molecule has 10 atom stereocenters. The van der Waals surface area contributed by atoms with Crippen LogP contribution < -0.4 is 0 Å². The number of fused-ring (bicyclic) bond motifs is 7. The first kappa shape index (κ1) is 20.5. The van der Waals surface area contributed by atoms with Crippen LogP contribution in [0, 0.1) is 45.3 Å². The molecule has 3 saturated carbocycles. The molecule has 29 heavy (non-hydrogen) atoms. The average molecular weight is 403 g/mol. The molecule has 0 unspecified atom stereocenters. The number of ether oxygens (including phenoxy) is 1. The summed E-state index contributed by atoms with van der Waals surface area (Å²) in [5.41, 5.74) is 1.88. The number of hydrogen-bond donors (Lipinski definition) is 2. The summed E-state index contributed by atoms with van der Waals surface area (Å²) in [6.07, 6.45) is 9.65. The van der Waals surface area contributed by atoms with Crippen molar-refractivity contribution in [1.82, 2.24) is 0 Å². The van der Waals surface area contributed by atoms with Gasteiger partial charge >= 0.3 is 0 Å². The van der Waals surface area contributed by atoms with E-state index in [1.165, 1.54) is 37.7 Å². The van der Waals surface area contributed by atoms with Crippen LogP contribution in [0.25, 0.3) is 0 Å². The van der Waals surface area contributed by atoms with Crippen molar-refractivity contribution < 1.29 is 14.9 Å². The Hall–Kier alpha value is -0.380. The first-order chi connectivity index (χ1) is 13.5. The molecule has 3 heteroatoms. The van der Waals surface area contributed by atoms with Crippen LogP contribution in [0.2, 0.25) is 0 Å². The third-order valence-corrected chi connectivity index (χ3v) is 11.3. The minimum atomic E-state index is -0.778. The molecule has 4 aliphatic carbocycles. The predicted octanol–water partition coefficient (Wildman–Crippen LogP) is 5.31. The summed E-state index contributed by atoms with van der Waals surface area (Å²) in [4.78, 5) is 0. The summed E-state index contributed by atoms with van der Waals surface area (Å²) < 4.78 is 5.85. The summed E-state index contributed by atoms with van der Waals surface area (Å²) in [7, 11) is 0. The lowest BCUT2D eigenvalue weighted by atomic mass is 9.34. The Morgan fingerprint density at radius 3 is 2.34 bits per heavy atom. The molecule has 3 nitrogen and oxygen atoms in total. The minimum absolute atomic E-state index is 0.0297. The van der Waals surface area contributed by atoms with E-state index < -0.39 is 6.29 Å². The Bertz CT molecular complexity index is 727. The molecule has 0 amide bonds.